The van der Waals surface area contributed by atoms with E-state index in [1.54, 1.807) is 42.9 Å². The summed E-state index contributed by atoms with van der Waals surface area (Å²) < 4.78 is 3.11. The number of nitrogens with one attached hydrogen (secondary N) is 1. The molecular formula is C19H18N4O4. The molecule has 1 aromatic heterocycles. The van der Waals surface area contributed by atoms with E-state index in [1.165, 1.54) is 16.8 Å². The van der Waals surface area contributed by atoms with Gasteiger partial charge in [0.15, 0.2) is 0 Å². The molecule has 2 aromatic carbocycles. The van der Waals surface area contributed by atoms with Crippen molar-refractivity contribution in [2.75, 3.05) is 5.32 Å². The molecule has 1 N–H and O–H groups in total. The number of carbonyl (C=O) groups is 1. The van der Waals surface area contributed by atoms with E-state index >= 15 is 0 Å². The Hall–Kier alpha value is -3.68. The molecular weight excluding hydrogens is 348 g/mol. The molecule has 3 rings (SSSR count). The number of anilines is 1. The minimum Gasteiger partial charge on any atom is -0.320 e. The second-order valence-corrected chi connectivity index (χ2v) is 6.05. The standard InChI is InChI=1S/C19H18N4O4/c1-13-18(19(25)22(21(13)2)15-9-4-3-5-10-15)20-17(24)12-14-8-6-7-11-16(14)23(26)27/h3-11H,12H2,1-2H3,(H,20,24). The first-order valence-electron chi connectivity index (χ1n) is 8.26. The lowest BCUT2D eigenvalue weighted by Crippen LogP contribution is -2.23. The van der Waals surface area contributed by atoms with Gasteiger partial charge in [-0.05, 0) is 19.1 Å². The van der Waals surface area contributed by atoms with Crippen LogP contribution in [0.4, 0.5) is 11.4 Å². The fourth-order valence-corrected chi connectivity index (χ4v) is 2.91. The number of nitro groups is 1. The second kappa shape index (κ2) is 7.28. The summed E-state index contributed by atoms with van der Waals surface area (Å²) in [7, 11) is 1.72. The van der Waals surface area contributed by atoms with Crippen LogP contribution in [0, 0.1) is 17.0 Å². The van der Waals surface area contributed by atoms with Gasteiger partial charge in [-0.3, -0.25) is 24.4 Å². The van der Waals surface area contributed by atoms with Crippen molar-refractivity contribution in [2.24, 2.45) is 7.05 Å². The summed E-state index contributed by atoms with van der Waals surface area (Å²) in [5.41, 5.74) is 1.21. The molecule has 0 aliphatic heterocycles. The van der Waals surface area contributed by atoms with Gasteiger partial charge >= 0.3 is 0 Å². The third-order valence-electron chi connectivity index (χ3n) is 4.36. The van der Waals surface area contributed by atoms with Crippen molar-refractivity contribution in [3.63, 3.8) is 0 Å². The predicted molar refractivity (Wildman–Crippen MR) is 101 cm³/mol. The molecule has 27 heavy (non-hydrogen) atoms. The monoisotopic (exact) mass is 366 g/mol. The van der Waals surface area contributed by atoms with Crippen molar-refractivity contribution in [3.05, 3.63) is 86.3 Å². The highest BCUT2D eigenvalue weighted by Gasteiger charge is 2.20. The van der Waals surface area contributed by atoms with Crippen molar-refractivity contribution in [2.45, 2.75) is 13.3 Å². The number of rotatable bonds is 5. The lowest BCUT2D eigenvalue weighted by molar-refractivity contribution is -0.385. The number of nitrogens with zero attached hydrogens (tertiary/aromatic N) is 3. The first kappa shape index (κ1) is 18.1. The molecule has 8 nitrogen and oxygen atoms in total. The van der Waals surface area contributed by atoms with Gasteiger partial charge < -0.3 is 5.32 Å². The van der Waals surface area contributed by atoms with Crippen LogP contribution in [0.5, 0.6) is 0 Å². The minimum atomic E-state index is -0.529. The Kier molecular flexibility index (Phi) is 4.89. The fourth-order valence-electron chi connectivity index (χ4n) is 2.91. The molecule has 0 saturated heterocycles. The molecule has 138 valence electrons. The van der Waals surface area contributed by atoms with Gasteiger partial charge in [-0.1, -0.05) is 36.4 Å². The van der Waals surface area contributed by atoms with E-state index in [2.05, 4.69) is 5.32 Å². The van der Waals surface area contributed by atoms with Crippen molar-refractivity contribution in [3.8, 4) is 5.69 Å². The van der Waals surface area contributed by atoms with Crippen LogP contribution < -0.4 is 10.9 Å². The quantitative estimate of drug-likeness (QED) is 0.554. The summed E-state index contributed by atoms with van der Waals surface area (Å²) in [6, 6.07) is 15.1. The Balaban J connectivity index is 1.90. The fraction of sp³-hybridized carbons (Fsp3) is 0.158. The molecule has 0 saturated carbocycles. The zero-order chi connectivity index (χ0) is 19.6. The van der Waals surface area contributed by atoms with E-state index in [4.69, 9.17) is 0 Å². The number of aromatic nitrogens is 2. The molecule has 8 heteroatoms. The van der Waals surface area contributed by atoms with E-state index in [9.17, 15) is 19.7 Å². The second-order valence-electron chi connectivity index (χ2n) is 6.05. The largest absolute Gasteiger partial charge is 0.320 e. The highest BCUT2D eigenvalue weighted by molar-refractivity contribution is 5.93. The lowest BCUT2D eigenvalue weighted by Gasteiger charge is -2.07. The normalized spacial score (nSPS) is 10.6. The van der Waals surface area contributed by atoms with E-state index < -0.39 is 10.8 Å². The van der Waals surface area contributed by atoms with Gasteiger partial charge in [-0.15, -0.1) is 0 Å². The van der Waals surface area contributed by atoms with Crippen LogP contribution in [0.1, 0.15) is 11.3 Å². The maximum Gasteiger partial charge on any atom is 0.295 e. The Morgan fingerprint density at radius 2 is 1.74 bits per heavy atom. The maximum absolute atomic E-state index is 12.8. The minimum absolute atomic E-state index is 0.126. The molecule has 0 atom stereocenters. The van der Waals surface area contributed by atoms with Crippen LogP contribution in [0.25, 0.3) is 5.69 Å². The van der Waals surface area contributed by atoms with Gasteiger partial charge in [0, 0.05) is 18.7 Å². The number of para-hydroxylation sites is 2. The first-order chi connectivity index (χ1) is 12.9. The number of benzene rings is 2. The van der Waals surface area contributed by atoms with Crippen LogP contribution in [-0.2, 0) is 18.3 Å². The van der Waals surface area contributed by atoms with Gasteiger partial charge in [0.2, 0.25) is 5.91 Å². The summed E-state index contributed by atoms with van der Waals surface area (Å²) in [6.45, 7) is 1.72. The predicted octanol–water partition coefficient (Wildman–Crippen LogP) is 2.57. The van der Waals surface area contributed by atoms with E-state index in [0.29, 0.717) is 11.4 Å². The molecule has 0 bridgehead atoms. The van der Waals surface area contributed by atoms with Crippen molar-refractivity contribution in [1.82, 2.24) is 9.36 Å². The molecule has 0 unspecified atom stereocenters. The van der Waals surface area contributed by atoms with Crippen molar-refractivity contribution < 1.29 is 9.72 Å². The topological polar surface area (TPSA) is 99.2 Å². The lowest BCUT2D eigenvalue weighted by atomic mass is 10.1. The third-order valence-corrected chi connectivity index (χ3v) is 4.36. The zero-order valence-corrected chi connectivity index (χ0v) is 14.9. The third kappa shape index (κ3) is 3.50. The van der Waals surface area contributed by atoms with E-state index in [0.717, 1.165) is 0 Å². The Bertz CT molecular complexity index is 1070. The average Bonchev–Trinajstić information content (AvgIpc) is 2.86. The zero-order valence-electron chi connectivity index (χ0n) is 14.9. The highest BCUT2D eigenvalue weighted by Crippen LogP contribution is 2.19. The summed E-state index contributed by atoms with van der Waals surface area (Å²) in [6.07, 6.45) is -0.198. The maximum atomic E-state index is 12.8. The van der Waals surface area contributed by atoms with Gasteiger partial charge in [-0.2, -0.15) is 0 Å². The number of carbonyl (C=O) groups excluding carboxylic acids is 1. The van der Waals surface area contributed by atoms with Crippen LogP contribution in [0.2, 0.25) is 0 Å². The number of amides is 1. The summed E-state index contributed by atoms with van der Waals surface area (Å²) >= 11 is 0. The number of hydrogen-bond acceptors (Lipinski definition) is 4. The summed E-state index contributed by atoms with van der Waals surface area (Å²) in [5.74, 6) is -0.490. The van der Waals surface area contributed by atoms with Crippen molar-refractivity contribution in [1.29, 1.82) is 0 Å². The van der Waals surface area contributed by atoms with Gasteiger partial charge in [0.05, 0.1) is 22.7 Å². The van der Waals surface area contributed by atoms with E-state index in [1.807, 2.05) is 18.2 Å². The van der Waals surface area contributed by atoms with E-state index in [-0.39, 0.29) is 28.9 Å². The van der Waals surface area contributed by atoms with Gasteiger partial charge in [0.1, 0.15) is 5.69 Å². The van der Waals surface area contributed by atoms with Crippen LogP contribution in [-0.4, -0.2) is 20.2 Å². The Morgan fingerprint density at radius 1 is 1.11 bits per heavy atom. The summed E-state index contributed by atoms with van der Waals surface area (Å²) in [4.78, 5) is 35.8. The Morgan fingerprint density at radius 3 is 2.41 bits per heavy atom. The molecule has 1 amide bonds. The van der Waals surface area contributed by atoms with Crippen LogP contribution in [0.3, 0.4) is 0 Å². The number of hydrogen-bond donors (Lipinski definition) is 1. The SMILES string of the molecule is Cc1c(NC(=O)Cc2ccccc2[N+](=O)[O-])c(=O)n(-c2ccccc2)n1C. The summed E-state index contributed by atoms with van der Waals surface area (Å²) in [5, 5.41) is 13.7. The molecule has 1 heterocycles. The van der Waals surface area contributed by atoms with Crippen LogP contribution >= 0.6 is 0 Å². The van der Waals surface area contributed by atoms with Gasteiger partial charge in [0.25, 0.3) is 11.2 Å². The molecule has 0 spiro atoms. The smallest absolute Gasteiger partial charge is 0.295 e. The molecule has 3 aromatic rings. The molecule has 0 aliphatic carbocycles. The molecule has 0 radical (unpaired) electrons. The van der Waals surface area contributed by atoms with Gasteiger partial charge in [-0.25, -0.2) is 4.68 Å². The Labute approximate surface area is 154 Å². The highest BCUT2D eigenvalue weighted by atomic mass is 16.6. The van der Waals surface area contributed by atoms with Crippen LogP contribution in [0.15, 0.2) is 59.4 Å². The van der Waals surface area contributed by atoms with Crippen molar-refractivity contribution >= 4 is 17.3 Å². The molecule has 0 aliphatic rings. The molecule has 0 fully saturated rings. The average molecular weight is 366 g/mol. The number of nitro benzene ring substituents is 1. The first-order valence-corrected chi connectivity index (χ1v) is 8.26.